The van der Waals surface area contributed by atoms with Gasteiger partial charge in [0, 0.05) is 45.5 Å². The van der Waals surface area contributed by atoms with Crippen LogP contribution in [0.3, 0.4) is 0 Å². The van der Waals surface area contributed by atoms with Crippen LogP contribution < -0.4 is 5.32 Å². The van der Waals surface area contributed by atoms with E-state index in [4.69, 9.17) is 4.98 Å². The van der Waals surface area contributed by atoms with Crippen LogP contribution in [0.5, 0.6) is 0 Å². The normalized spacial score (nSPS) is 17.0. The molecule has 1 fully saturated rings. The highest BCUT2D eigenvalue weighted by molar-refractivity contribution is 7.84. The fourth-order valence-corrected chi connectivity index (χ4v) is 4.97. The van der Waals surface area contributed by atoms with Crippen molar-refractivity contribution in [3.8, 4) is 22.3 Å². The van der Waals surface area contributed by atoms with Gasteiger partial charge in [-0.05, 0) is 60.2 Å². The van der Waals surface area contributed by atoms with Gasteiger partial charge in [0.15, 0.2) is 5.65 Å². The van der Waals surface area contributed by atoms with Gasteiger partial charge in [0.2, 0.25) is 0 Å². The van der Waals surface area contributed by atoms with Gasteiger partial charge in [-0.15, -0.1) is 0 Å². The van der Waals surface area contributed by atoms with Gasteiger partial charge in [-0.1, -0.05) is 43.3 Å². The van der Waals surface area contributed by atoms with Crippen LogP contribution in [0.15, 0.2) is 72.0 Å². The van der Waals surface area contributed by atoms with Gasteiger partial charge in [0.1, 0.15) is 0 Å². The Morgan fingerprint density at radius 1 is 1.00 bits per heavy atom. The smallest absolute Gasteiger partial charge is 0.162 e. The molecule has 1 aliphatic rings. The average molecular weight is 431 g/mol. The second kappa shape index (κ2) is 8.02. The molecule has 0 bridgehead atoms. The van der Waals surface area contributed by atoms with Crippen molar-refractivity contribution < 1.29 is 4.21 Å². The summed E-state index contributed by atoms with van der Waals surface area (Å²) < 4.78 is 13.7. The van der Waals surface area contributed by atoms with E-state index < -0.39 is 10.8 Å². The van der Waals surface area contributed by atoms with E-state index in [2.05, 4.69) is 41.6 Å². The molecule has 1 unspecified atom stereocenters. The summed E-state index contributed by atoms with van der Waals surface area (Å²) in [6, 6.07) is 16.7. The van der Waals surface area contributed by atoms with E-state index in [1.54, 1.807) is 6.26 Å². The summed E-state index contributed by atoms with van der Waals surface area (Å²) in [6.07, 6.45) is 9.78. The highest BCUT2D eigenvalue weighted by Crippen LogP contribution is 2.34. The third-order valence-electron chi connectivity index (χ3n) is 6.46. The molecule has 2 aromatic heterocycles. The van der Waals surface area contributed by atoms with E-state index in [0.717, 1.165) is 45.9 Å². The lowest BCUT2D eigenvalue weighted by atomic mass is 9.75. The molecule has 0 amide bonds. The molecule has 0 spiro atoms. The van der Waals surface area contributed by atoms with Crippen molar-refractivity contribution in [3.63, 3.8) is 0 Å². The molecule has 5 rings (SSSR count). The van der Waals surface area contributed by atoms with Gasteiger partial charge in [-0.25, -0.2) is 9.50 Å². The summed E-state index contributed by atoms with van der Waals surface area (Å²) >= 11 is 0. The lowest BCUT2D eigenvalue weighted by Gasteiger charge is -2.34. The van der Waals surface area contributed by atoms with E-state index in [9.17, 15) is 4.21 Å². The second-order valence-electron chi connectivity index (χ2n) is 8.54. The minimum Gasteiger partial charge on any atom is -0.317 e. The number of hydrogen-bond acceptors (Lipinski definition) is 4. The SMILES string of the molecule is CS(=O)c1cccc(-c2cnn3cc(-c4ccc(C5(C)CCNCC5)cc4)cnc23)c1. The van der Waals surface area contributed by atoms with E-state index in [1.165, 1.54) is 18.4 Å². The maximum Gasteiger partial charge on any atom is 0.162 e. The first-order chi connectivity index (χ1) is 15.0. The van der Waals surface area contributed by atoms with Gasteiger partial charge in [-0.2, -0.15) is 5.10 Å². The largest absolute Gasteiger partial charge is 0.317 e. The molecule has 1 atom stereocenters. The van der Waals surface area contributed by atoms with Crippen molar-refractivity contribution in [2.75, 3.05) is 19.3 Å². The summed E-state index contributed by atoms with van der Waals surface area (Å²) in [7, 11) is -1.02. The zero-order valence-electron chi connectivity index (χ0n) is 17.8. The summed E-state index contributed by atoms with van der Waals surface area (Å²) in [5.74, 6) is 0. The zero-order chi connectivity index (χ0) is 21.4. The minimum atomic E-state index is -1.02. The van der Waals surface area contributed by atoms with Crippen LogP contribution in [0.25, 0.3) is 27.9 Å². The number of rotatable bonds is 4. The molecule has 0 radical (unpaired) electrons. The predicted molar refractivity (Wildman–Crippen MR) is 126 cm³/mol. The second-order valence-corrected chi connectivity index (χ2v) is 9.92. The van der Waals surface area contributed by atoms with Crippen LogP contribution in [0.2, 0.25) is 0 Å². The molecule has 0 aliphatic carbocycles. The minimum absolute atomic E-state index is 0.250. The third kappa shape index (κ3) is 3.82. The first-order valence-corrected chi connectivity index (χ1v) is 12.2. The zero-order valence-corrected chi connectivity index (χ0v) is 18.7. The van der Waals surface area contributed by atoms with Crippen molar-refractivity contribution in [3.05, 3.63) is 72.7 Å². The van der Waals surface area contributed by atoms with Crippen LogP contribution in [-0.4, -0.2) is 38.2 Å². The Morgan fingerprint density at radius 3 is 2.52 bits per heavy atom. The van der Waals surface area contributed by atoms with Gasteiger partial charge >= 0.3 is 0 Å². The molecule has 4 aromatic rings. The summed E-state index contributed by atoms with van der Waals surface area (Å²) in [5.41, 5.74) is 6.53. The van der Waals surface area contributed by atoms with Crippen LogP contribution >= 0.6 is 0 Å². The van der Waals surface area contributed by atoms with Crippen LogP contribution in [-0.2, 0) is 16.2 Å². The molecule has 31 heavy (non-hydrogen) atoms. The Bertz CT molecular complexity index is 1260. The molecule has 158 valence electrons. The first-order valence-electron chi connectivity index (χ1n) is 10.6. The molecule has 1 N–H and O–H groups in total. The first kappa shape index (κ1) is 20.1. The van der Waals surface area contributed by atoms with Crippen LogP contribution in [0.4, 0.5) is 0 Å². The Balaban J connectivity index is 1.46. The van der Waals surface area contributed by atoms with Crippen molar-refractivity contribution in [1.29, 1.82) is 0 Å². The van der Waals surface area contributed by atoms with Gasteiger partial charge < -0.3 is 5.32 Å². The van der Waals surface area contributed by atoms with Crippen molar-refractivity contribution in [2.24, 2.45) is 0 Å². The van der Waals surface area contributed by atoms with Gasteiger partial charge in [0.05, 0.1) is 6.20 Å². The predicted octanol–water partition coefficient (Wildman–Crippen LogP) is 4.44. The quantitative estimate of drug-likeness (QED) is 0.520. The lowest BCUT2D eigenvalue weighted by Crippen LogP contribution is -2.37. The number of hydrogen-bond donors (Lipinski definition) is 1. The number of fused-ring (bicyclic) bond motifs is 1. The lowest BCUT2D eigenvalue weighted by molar-refractivity contribution is 0.335. The number of nitrogens with one attached hydrogen (secondary N) is 1. The monoisotopic (exact) mass is 430 g/mol. The molecule has 5 nitrogen and oxygen atoms in total. The van der Waals surface area contributed by atoms with Crippen LogP contribution in [0, 0.1) is 0 Å². The Labute approximate surface area is 185 Å². The topological polar surface area (TPSA) is 59.3 Å². The van der Waals surface area contributed by atoms with Crippen LogP contribution in [0.1, 0.15) is 25.3 Å². The van der Waals surface area contributed by atoms with E-state index in [0.29, 0.717) is 0 Å². The maximum atomic E-state index is 11.8. The molecular weight excluding hydrogens is 404 g/mol. The van der Waals surface area contributed by atoms with Gasteiger partial charge in [-0.3, -0.25) is 4.21 Å². The van der Waals surface area contributed by atoms with E-state index in [-0.39, 0.29) is 5.41 Å². The number of benzene rings is 2. The van der Waals surface area contributed by atoms with Crippen molar-refractivity contribution in [2.45, 2.75) is 30.1 Å². The highest BCUT2D eigenvalue weighted by atomic mass is 32.2. The maximum absolute atomic E-state index is 11.8. The van der Waals surface area contributed by atoms with E-state index in [1.807, 2.05) is 47.4 Å². The summed E-state index contributed by atoms with van der Waals surface area (Å²) in [5, 5.41) is 7.98. The third-order valence-corrected chi connectivity index (χ3v) is 7.37. The molecule has 3 heterocycles. The van der Waals surface area contributed by atoms with E-state index >= 15 is 0 Å². The van der Waals surface area contributed by atoms with Gasteiger partial charge in [0.25, 0.3) is 0 Å². The fraction of sp³-hybridized carbons (Fsp3) is 0.280. The number of piperidine rings is 1. The van der Waals surface area contributed by atoms with Crippen molar-refractivity contribution >= 4 is 16.4 Å². The number of aromatic nitrogens is 3. The summed E-state index contributed by atoms with van der Waals surface area (Å²) in [4.78, 5) is 5.51. The molecule has 1 aliphatic heterocycles. The molecule has 6 heteroatoms. The average Bonchev–Trinajstić information content (AvgIpc) is 3.23. The van der Waals surface area contributed by atoms with Crippen molar-refractivity contribution in [1.82, 2.24) is 19.9 Å². The Hall–Kier alpha value is -2.83. The molecule has 0 saturated carbocycles. The molecule has 2 aromatic carbocycles. The Morgan fingerprint density at radius 2 is 1.77 bits per heavy atom. The fourth-order valence-electron chi connectivity index (χ4n) is 4.40. The number of nitrogens with zero attached hydrogens (tertiary/aromatic N) is 3. The standard InChI is InChI=1S/C25H26N4OS/c1-25(10-12-26-13-11-25)21-8-6-18(7-9-21)20-15-27-24-23(16-28-29(24)17-20)19-4-3-5-22(14-19)31(2)30/h3-9,14-17,26H,10-13H2,1-2H3. The molecule has 1 saturated heterocycles. The highest BCUT2D eigenvalue weighted by Gasteiger charge is 2.28. The Kier molecular flexibility index (Phi) is 5.20. The molecular formula is C25H26N4OS. The summed E-state index contributed by atoms with van der Waals surface area (Å²) in [6.45, 7) is 4.53.